The topological polar surface area (TPSA) is 75.2 Å². The van der Waals surface area contributed by atoms with Gasteiger partial charge in [-0.05, 0) is 6.92 Å². The minimum absolute atomic E-state index is 0.143. The van der Waals surface area contributed by atoms with Crippen molar-refractivity contribution >= 4 is 16.0 Å². The SMILES string of the molecule is Cc1cc([N+]2(S(=O)(=O)N(C)C)CCNCC2)ncn1. The molecule has 1 aromatic rings. The highest BCUT2D eigenvalue weighted by Crippen LogP contribution is 2.27. The van der Waals surface area contributed by atoms with E-state index in [2.05, 4.69) is 15.3 Å². The third-order valence-electron chi connectivity index (χ3n) is 3.41. The number of rotatable bonds is 3. The molecule has 0 atom stereocenters. The van der Waals surface area contributed by atoms with Crippen LogP contribution in [0.25, 0.3) is 0 Å². The molecule has 19 heavy (non-hydrogen) atoms. The van der Waals surface area contributed by atoms with Gasteiger partial charge >= 0.3 is 10.2 Å². The van der Waals surface area contributed by atoms with E-state index in [1.54, 1.807) is 20.2 Å². The zero-order chi connectivity index (χ0) is 14.1. The lowest BCUT2D eigenvalue weighted by Crippen LogP contribution is -2.66. The number of aromatic nitrogens is 2. The van der Waals surface area contributed by atoms with Crippen LogP contribution >= 0.6 is 0 Å². The summed E-state index contributed by atoms with van der Waals surface area (Å²) in [5.74, 6) is 0.544. The van der Waals surface area contributed by atoms with Gasteiger partial charge < -0.3 is 5.32 Å². The quantitative estimate of drug-likeness (QED) is 0.758. The minimum Gasteiger partial charge on any atom is -0.306 e. The largest absolute Gasteiger partial charge is 0.378 e. The Hall–Kier alpha value is -1.09. The molecule has 0 amide bonds. The summed E-state index contributed by atoms with van der Waals surface area (Å²) in [6, 6.07) is 1.76. The van der Waals surface area contributed by atoms with Crippen molar-refractivity contribution in [2.45, 2.75) is 6.92 Å². The van der Waals surface area contributed by atoms with Gasteiger partial charge in [-0.15, -0.1) is 0 Å². The Morgan fingerprint density at radius 3 is 2.42 bits per heavy atom. The van der Waals surface area contributed by atoms with Crippen LogP contribution in [-0.2, 0) is 10.2 Å². The average molecular weight is 286 g/mol. The van der Waals surface area contributed by atoms with Crippen molar-refractivity contribution in [3.05, 3.63) is 18.1 Å². The van der Waals surface area contributed by atoms with Crippen molar-refractivity contribution in [1.82, 2.24) is 23.5 Å². The zero-order valence-corrected chi connectivity index (χ0v) is 12.3. The molecule has 0 spiro atoms. The zero-order valence-electron chi connectivity index (χ0n) is 11.5. The van der Waals surface area contributed by atoms with Gasteiger partial charge in [0.05, 0.1) is 0 Å². The molecule has 0 unspecified atom stereocenters. The maximum atomic E-state index is 12.7. The number of nitrogens with one attached hydrogen (secondary N) is 1. The summed E-state index contributed by atoms with van der Waals surface area (Å²) in [5.41, 5.74) is 0.773. The van der Waals surface area contributed by atoms with E-state index in [0.29, 0.717) is 32.0 Å². The van der Waals surface area contributed by atoms with Crippen LogP contribution in [0.3, 0.4) is 0 Å². The summed E-state index contributed by atoms with van der Waals surface area (Å²) < 4.78 is 26.6. The fourth-order valence-electron chi connectivity index (χ4n) is 2.31. The van der Waals surface area contributed by atoms with Gasteiger partial charge in [0.25, 0.3) is 0 Å². The van der Waals surface area contributed by atoms with Gasteiger partial charge in [-0.25, -0.2) is 4.98 Å². The van der Waals surface area contributed by atoms with Crippen molar-refractivity contribution in [2.24, 2.45) is 0 Å². The van der Waals surface area contributed by atoms with Gasteiger partial charge in [0.15, 0.2) is 0 Å². The Kier molecular flexibility index (Phi) is 3.86. The van der Waals surface area contributed by atoms with Gasteiger partial charge in [-0.2, -0.15) is 21.6 Å². The standard InChI is InChI=1S/C11H20N5O2S/c1-10-8-11(14-9-13-10)16(6-4-12-5-7-16)19(17,18)15(2)3/h8-9,12H,4-7H2,1-3H3/q+1. The Morgan fingerprint density at radius 2 is 1.89 bits per heavy atom. The maximum absolute atomic E-state index is 12.7. The first kappa shape index (κ1) is 14.3. The fraction of sp³-hybridized carbons (Fsp3) is 0.636. The monoisotopic (exact) mass is 286 g/mol. The number of hydrogen-bond acceptors (Lipinski definition) is 5. The Morgan fingerprint density at radius 1 is 1.26 bits per heavy atom. The molecule has 1 N–H and O–H groups in total. The van der Waals surface area contributed by atoms with Crippen LogP contribution in [0, 0.1) is 6.92 Å². The molecular weight excluding hydrogens is 266 g/mol. The number of aryl methyl sites for hydroxylation is 1. The molecule has 7 nitrogen and oxygen atoms in total. The molecule has 1 aliphatic rings. The van der Waals surface area contributed by atoms with Crippen LogP contribution in [-0.4, -0.2) is 63.0 Å². The summed E-state index contributed by atoms with van der Waals surface area (Å²) in [4.78, 5) is 8.26. The molecule has 2 rings (SSSR count). The lowest BCUT2D eigenvalue weighted by Gasteiger charge is -2.39. The highest BCUT2D eigenvalue weighted by Gasteiger charge is 2.48. The summed E-state index contributed by atoms with van der Waals surface area (Å²) in [7, 11) is -0.369. The summed E-state index contributed by atoms with van der Waals surface area (Å²) in [6.07, 6.45) is 1.43. The van der Waals surface area contributed by atoms with Crippen LogP contribution in [0.1, 0.15) is 5.69 Å². The fourth-order valence-corrected chi connectivity index (χ4v) is 3.92. The van der Waals surface area contributed by atoms with Crippen molar-refractivity contribution < 1.29 is 8.42 Å². The molecule has 0 aromatic carbocycles. The average Bonchev–Trinajstić information content (AvgIpc) is 2.39. The third kappa shape index (κ3) is 2.36. The smallest absolute Gasteiger partial charge is 0.306 e. The van der Waals surface area contributed by atoms with Crippen LogP contribution in [0.5, 0.6) is 0 Å². The Labute approximate surface area is 114 Å². The summed E-state index contributed by atoms with van der Waals surface area (Å²) >= 11 is 0. The molecule has 1 fully saturated rings. The third-order valence-corrected chi connectivity index (χ3v) is 5.77. The van der Waals surface area contributed by atoms with Crippen molar-refractivity contribution in [1.29, 1.82) is 0 Å². The highest BCUT2D eigenvalue weighted by molar-refractivity contribution is 7.88. The first-order chi connectivity index (χ1) is 8.90. The van der Waals surface area contributed by atoms with Gasteiger partial charge in [-0.1, -0.05) is 0 Å². The second kappa shape index (κ2) is 5.12. The number of quaternary nitrogens is 1. The molecule has 1 aromatic heterocycles. The number of hydrogen-bond donors (Lipinski definition) is 1. The van der Waals surface area contributed by atoms with E-state index in [1.165, 1.54) is 10.6 Å². The molecule has 0 aliphatic carbocycles. The summed E-state index contributed by atoms with van der Waals surface area (Å²) in [5, 5.41) is 3.19. The molecule has 0 bridgehead atoms. The molecule has 106 valence electrons. The van der Waals surface area contributed by atoms with Gasteiger partial charge in [0.1, 0.15) is 19.4 Å². The maximum Gasteiger partial charge on any atom is 0.378 e. The molecule has 8 heteroatoms. The minimum atomic E-state index is -3.49. The van der Waals surface area contributed by atoms with Crippen molar-refractivity contribution in [3.8, 4) is 0 Å². The van der Waals surface area contributed by atoms with E-state index < -0.39 is 10.2 Å². The van der Waals surface area contributed by atoms with E-state index in [0.717, 1.165) is 5.69 Å². The lowest BCUT2D eigenvalue weighted by molar-refractivity contribution is 0.327. The lowest BCUT2D eigenvalue weighted by atomic mass is 10.3. The molecule has 1 aliphatic heterocycles. The van der Waals surface area contributed by atoms with Crippen molar-refractivity contribution in [2.75, 3.05) is 40.3 Å². The molecule has 1 saturated heterocycles. The van der Waals surface area contributed by atoms with Gasteiger partial charge in [0.2, 0.25) is 5.82 Å². The summed E-state index contributed by atoms with van der Waals surface area (Å²) in [6.45, 7) is 4.08. The van der Waals surface area contributed by atoms with E-state index in [9.17, 15) is 8.42 Å². The second-order valence-corrected chi connectivity index (χ2v) is 7.19. The van der Waals surface area contributed by atoms with E-state index in [1.807, 2.05) is 6.92 Å². The number of piperazine rings is 1. The van der Waals surface area contributed by atoms with Crippen molar-refractivity contribution in [3.63, 3.8) is 0 Å². The Bertz CT molecular complexity index is 552. The predicted molar refractivity (Wildman–Crippen MR) is 73.8 cm³/mol. The Balaban J connectivity index is 2.59. The van der Waals surface area contributed by atoms with Gasteiger partial charge in [-0.3, -0.25) is 0 Å². The second-order valence-electron chi connectivity index (χ2n) is 4.86. The first-order valence-electron chi connectivity index (χ1n) is 6.20. The molecular formula is C11H20N5O2S+. The normalized spacial score (nSPS) is 19.6. The molecule has 2 heterocycles. The number of nitrogens with zero attached hydrogens (tertiary/aromatic N) is 4. The van der Waals surface area contributed by atoms with E-state index in [-0.39, 0.29) is 3.89 Å². The highest BCUT2D eigenvalue weighted by atomic mass is 32.2. The van der Waals surface area contributed by atoms with E-state index in [4.69, 9.17) is 0 Å². The van der Waals surface area contributed by atoms with Crippen LogP contribution in [0.15, 0.2) is 12.4 Å². The molecule has 0 radical (unpaired) electrons. The van der Waals surface area contributed by atoms with Crippen LogP contribution in [0.4, 0.5) is 5.82 Å². The first-order valence-corrected chi connectivity index (χ1v) is 7.59. The van der Waals surface area contributed by atoms with Crippen LogP contribution < -0.4 is 9.21 Å². The molecule has 0 saturated carbocycles. The van der Waals surface area contributed by atoms with E-state index >= 15 is 0 Å². The van der Waals surface area contributed by atoms with Crippen LogP contribution in [0.2, 0.25) is 0 Å². The predicted octanol–water partition coefficient (Wildman–Crippen LogP) is -0.498. The van der Waals surface area contributed by atoms with Gasteiger partial charge in [0, 0.05) is 38.9 Å².